The highest BCUT2D eigenvalue weighted by Crippen LogP contribution is 2.31. The van der Waals surface area contributed by atoms with Crippen molar-refractivity contribution in [3.05, 3.63) is 30.0 Å². The third kappa shape index (κ3) is 4.95. The van der Waals surface area contributed by atoms with Crippen molar-refractivity contribution in [1.82, 2.24) is 10.1 Å². The lowest BCUT2D eigenvalue weighted by Gasteiger charge is -2.31. The first kappa shape index (κ1) is 20.2. The van der Waals surface area contributed by atoms with E-state index in [1.54, 1.807) is 6.26 Å². The van der Waals surface area contributed by atoms with Crippen LogP contribution in [0.15, 0.2) is 33.4 Å². The highest BCUT2D eigenvalue weighted by atomic mass is 16.5. The smallest absolute Gasteiger partial charge is 0.298 e. The van der Waals surface area contributed by atoms with Crippen molar-refractivity contribution in [3.63, 3.8) is 0 Å². The lowest BCUT2D eigenvalue weighted by Crippen LogP contribution is -2.38. The molecule has 0 radical (unpaired) electrons. The summed E-state index contributed by atoms with van der Waals surface area (Å²) in [7, 11) is 0. The summed E-state index contributed by atoms with van der Waals surface area (Å²) >= 11 is 0. The Hall–Kier alpha value is -2.74. The predicted octanol–water partition coefficient (Wildman–Crippen LogP) is 4.40. The molecule has 31 heavy (non-hydrogen) atoms. The highest BCUT2D eigenvalue weighted by molar-refractivity contribution is 5.76. The number of fused-ring (bicyclic) bond motifs is 1. The van der Waals surface area contributed by atoms with Crippen molar-refractivity contribution in [2.75, 3.05) is 36.5 Å². The highest BCUT2D eigenvalue weighted by Gasteiger charge is 2.24. The van der Waals surface area contributed by atoms with E-state index in [9.17, 15) is 0 Å². The Labute approximate surface area is 181 Å². The molecule has 2 aromatic heterocycles. The second-order valence-corrected chi connectivity index (χ2v) is 8.79. The minimum absolute atomic E-state index is 0.162. The van der Waals surface area contributed by atoms with Crippen LogP contribution in [-0.2, 0) is 4.74 Å². The zero-order valence-corrected chi connectivity index (χ0v) is 18.2. The first-order valence-corrected chi connectivity index (χ1v) is 11.2. The Morgan fingerprint density at radius 1 is 1.23 bits per heavy atom. The van der Waals surface area contributed by atoms with Crippen LogP contribution in [0.1, 0.15) is 38.2 Å². The van der Waals surface area contributed by atoms with Crippen molar-refractivity contribution in [1.29, 1.82) is 0 Å². The molecule has 8 nitrogen and oxygen atoms in total. The normalized spacial score (nSPS) is 18.5. The number of oxazole rings is 1. The van der Waals surface area contributed by atoms with Gasteiger partial charge in [-0.2, -0.15) is 4.98 Å². The van der Waals surface area contributed by atoms with Crippen molar-refractivity contribution < 1.29 is 18.4 Å². The van der Waals surface area contributed by atoms with Crippen LogP contribution < -0.4 is 15.0 Å². The first-order valence-electron chi connectivity index (χ1n) is 11.2. The molecule has 166 valence electrons. The molecule has 1 unspecified atom stereocenters. The molecule has 1 saturated heterocycles. The summed E-state index contributed by atoms with van der Waals surface area (Å²) in [6, 6.07) is 6.76. The van der Waals surface area contributed by atoms with Crippen molar-refractivity contribution in [2.24, 2.45) is 5.92 Å². The molecule has 2 fully saturated rings. The standard InChI is InChI=1S/C23H30N4O4/c1-15-12-30-26-22(15)24-16(2)13-28-18-7-9-27(10-8-18)23-25-20-6-5-19(11-21(20)31-23)29-14-17-3-4-17/h5-6,11-12,16-18H,3-4,7-10,13-14H2,1-2H3,(H,24,26). The molecule has 1 saturated carbocycles. The van der Waals surface area contributed by atoms with E-state index in [0.717, 1.165) is 66.7 Å². The molecule has 3 heterocycles. The topological polar surface area (TPSA) is 85.8 Å². The molecule has 0 spiro atoms. The summed E-state index contributed by atoms with van der Waals surface area (Å²) in [5.41, 5.74) is 2.65. The first-order chi connectivity index (χ1) is 15.1. The number of piperidine rings is 1. The maximum absolute atomic E-state index is 6.13. The van der Waals surface area contributed by atoms with Gasteiger partial charge in [-0.3, -0.25) is 0 Å². The Morgan fingerprint density at radius 2 is 2.06 bits per heavy atom. The van der Waals surface area contributed by atoms with Gasteiger partial charge in [0.05, 0.1) is 19.3 Å². The van der Waals surface area contributed by atoms with Gasteiger partial charge in [0.1, 0.15) is 17.5 Å². The summed E-state index contributed by atoms with van der Waals surface area (Å²) in [6.45, 7) is 7.22. The summed E-state index contributed by atoms with van der Waals surface area (Å²) in [6.07, 6.45) is 6.34. The van der Waals surface area contributed by atoms with Gasteiger partial charge in [0, 0.05) is 30.8 Å². The van der Waals surface area contributed by atoms with E-state index in [4.69, 9.17) is 18.4 Å². The maximum Gasteiger partial charge on any atom is 0.298 e. The third-order valence-corrected chi connectivity index (χ3v) is 5.96. The molecular weight excluding hydrogens is 396 g/mol. The van der Waals surface area contributed by atoms with E-state index < -0.39 is 0 Å². The fourth-order valence-corrected chi connectivity index (χ4v) is 3.81. The van der Waals surface area contributed by atoms with E-state index in [1.807, 2.05) is 25.1 Å². The molecule has 1 N–H and O–H groups in total. The van der Waals surface area contributed by atoms with Gasteiger partial charge in [-0.05, 0) is 57.6 Å². The largest absolute Gasteiger partial charge is 0.493 e. The number of hydrogen-bond acceptors (Lipinski definition) is 8. The van der Waals surface area contributed by atoms with E-state index in [1.165, 1.54) is 12.8 Å². The number of nitrogens with zero attached hydrogens (tertiary/aromatic N) is 3. The number of hydrogen-bond donors (Lipinski definition) is 1. The Balaban J connectivity index is 1.10. The Bertz CT molecular complexity index is 1000. The van der Waals surface area contributed by atoms with E-state index in [2.05, 4.69) is 27.3 Å². The van der Waals surface area contributed by atoms with Gasteiger partial charge in [0.15, 0.2) is 11.4 Å². The summed E-state index contributed by atoms with van der Waals surface area (Å²) in [5.74, 6) is 2.37. The fraction of sp³-hybridized carbons (Fsp3) is 0.565. The molecule has 1 aliphatic carbocycles. The number of nitrogens with one attached hydrogen (secondary N) is 1. The van der Waals surface area contributed by atoms with E-state index >= 15 is 0 Å². The van der Waals surface area contributed by atoms with Crippen molar-refractivity contribution >= 4 is 22.9 Å². The monoisotopic (exact) mass is 426 g/mol. The number of aromatic nitrogens is 2. The zero-order chi connectivity index (χ0) is 21.2. The van der Waals surface area contributed by atoms with Gasteiger partial charge >= 0.3 is 0 Å². The van der Waals surface area contributed by atoms with Gasteiger partial charge in [-0.1, -0.05) is 5.16 Å². The number of anilines is 2. The van der Waals surface area contributed by atoms with Crippen LogP contribution in [0.25, 0.3) is 11.1 Å². The van der Waals surface area contributed by atoms with Crippen LogP contribution in [0, 0.1) is 12.8 Å². The number of ether oxygens (including phenoxy) is 2. The van der Waals surface area contributed by atoms with Crippen LogP contribution in [-0.4, -0.2) is 48.6 Å². The molecule has 0 bridgehead atoms. The van der Waals surface area contributed by atoms with Gasteiger partial charge in [-0.15, -0.1) is 0 Å². The molecule has 1 aliphatic heterocycles. The molecule has 1 aromatic carbocycles. The molecule has 2 aliphatic rings. The van der Waals surface area contributed by atoms with Gasteiger partial charge in [0.2, 0.25) is 0 Å². The third-order valence-electron chi connectivity index (χ3n) is 5.96. The van der Waals surface area contributed by atoms with Crippen LogP contribution in [0.4, 0.5) is 11.8 Å². The lowest BCUT2D eigenvalue weighted by atomic mass is 10.1. The molecular formula is C23H30N4O4. The fourth-order valence-electron chi connectivity index (χ4n) is 3.81. The molecule has 1 atom stereocenters. The molecule has 0 amide bonds. The molecule has 5 rings (SSSR count). The van der Waals surface area contributed by atoms with E-state index in [0.29, 0.717) is 12.6 Å². The maximum atomic E-state index is 6.13. The number of benzene rings is 1. The summed E-state index contributed by atoms with van der Waals surface area (Å²) in [5, 5.41) is 7.29. The predicted molar refractivity (Wildman–Crippen MR) is 118 cm³/mol. The average molecular weight is 427 g/mol. The van der Waals surface area contributed by atoms with Crippen LogP contribution in [0.2, 0.25) is 0 Å². The summed E-state index contributed by atoms with van der Waals surface area (Å²) in [4.78, 5) is 6.87. The summed E-state index contributed by atoms with van der Waals surface area (Å²) < 4.78 is 23.0. The molecule has 3 aromatic rings. The number of aryl methyl sites for hydroxylation is 1. The Morgan fingerprint density at radius 3 is 2.81 bits per heavy atom. The molecule has 8 heteroatoms. The minimum Gasteiger partial charge on any atom is -0.493 e. The van der Waals surface area contributed by atoms with Crippen LogP contribution in [0.3, 0.4) is 0 Å². The SMILES string of the molecule is Cc1conc1NC(C)COC1CCN(c2nc3ccc(OCC4CC4)cc3o2)CC1. The quantitative estimate of drug-likeness (QED) is 0.539. The van der Waals surface area contributed by atoms with Gasteiger partial charge < -0.3 is 28.6 Å². The zero-order valence-electron chi connectivity index (χ0n) is 18.2. The van der Waals surface area contributed by atoms with Crippen molar-refractivity contribution in [3.8, 4) is 5.75 Å². The Kier molecular flexibility index (Phi) is 5.72. The van der Waals surface area contributed by atoms with Crippen LogP contribution in [0.5, 0.6) is 5.75 Å². The van der Waals surface area contributed by atoms with Crippen molar-refractivity contribution in [2.45, 2.75) is 51.7 Å². The number of rotatable bonds is 9. The van der Waals surface area contributed by atoms with Crippen LogP contribution >= 0.6 is 0 Å². The second kappa shape index (κ2) is 8.78. The lowest BCUT2D eigenvalue weighted by molar-refractivity contribution is 0.0330. The average Bonchev–Trinajstić information content (AvgIpc) is 3.39. The van der Waals surface area contributed by atoms with Gasteiger partial charge in [-0.25, -0.2) is 0 Å². The minimum atomic E-state index is 0.162. The second-order valence-electron chi connectivity index (χ2n) is 8.79. The van der Waals surface area contributed by atoms with Gasteiger partial charge in [0.25, 0.3) is 6.01 Å². The van der Waals surface area contributed by atoms with E-state index in [-0.39, 0.29) is 12.1 Å².